The van der Waals surface area contributed by atoms with Crippen LogP contribution in [-0.2, 0) is 14.3 Å². The van der Waals surface area contributed by atoms with Gasteiger partial charge in [0.25, 0.3) is 0 Å². The van der Waals surface area contributed by atoms with Crippen molar-refractivity contribution in [2.24, 2.45) is 15.4 Å². The van der Waals surface area contributed by atoms with Gasteiger partial charge in [0.1, 0.15) is 11.0 Å². The minimum Gasteiger partial charge on any atom is -0.468 e. The van der Waals surface area contributed by atoms with Gasteiger partial charge in [-0.2, -0.15) is 0 Å². The summed E-state index contributed by atoms with van der Waals surface area (Å²) in [5.41, 5.74) is -1.20. The first-order valence-corrected chi connectivity index (χ1v) is 8.37. The second-order valence-corrected chi connectivity index (χ2v) is 7.07. The van der Waals surface area contributed by atoms with Crippen LogP contribution in [0.25, 0.3) is 0 Å². The Morgan fingerprint density at radius 3 is 2.24 bits per heavy atom. The third-order valence-corrected chi connectivity index (χ3v) is 4.18. The van der Waals surface area contributed by atoms with Gasteiger partial charge < -0.3 is 14.4 Å². The average Bonchev–Trinajstić information content (AvgIpc) is 2.57. The first-order chi connectivity index (χ1) is 11.6. The second kappa shape index (κ2) is 8.47. The van der Waals surface area contributed by atoms with E-state index < -0.39 is 23.1 Å². The van der Waals surface area contributed by atoms with E-state index in [1.54, 1.807) is 4.90 Å². The van der Waals surface area contributed by atoms with E-state index in [1.165, 1.54) is 20.2 Å². The number of rotatable bonds is 3. The monoisotopic (exact) mass is 371 g/mol. The molecule has 0 saturated carbocycles. The number of amidine groups is 1. The van der Waals surface area contributed by atoms with E-state index in [-0.39, 0.29) is 5.29 Å². The minimum absolute atomic E-state index is 0.0211. The van der Waals surface area contributed by atoms with E-state index in [9.17, 15) is 9.59 Å². The maximum absolute atomic E-state index is 12.5. The fourth-order valence-electron chi connectivity index (χ4n) is 2.66. The summed E-state index contributed by atoms with van der Waals surface area (Å²) in [5.74, 6) is -0.435. The molecule has 0 aromatic rings. The highest BCUT2D eigenvalue weighted by molar-refractivity contribution is 6.65. The molecule has 140 valence electrons. The largest absolute Gasteiger partial charge is 0.468 e. The van der Waals surface area contributed by atoms with Gasteiger partial charge in [0, 0.05) is 20.1 Å². The summed E-state index contributed by atoms with van der Waals surface area (Å²) in [6.07, 6.45) is 1.74. The number of halogens is 1. The van der Waals surface area contributed by atoms with E-state index >= 15 is 0 Å². The highest BCUT2D eigenvalue weighted by atomic mass is 35.5. The van der Waals surface area contributed by atoms with Gasteiger partial charge in [-0.05, 0) is 51.3 Å². The molecule has 0 atom stereocenters. The molecule has 1 rings (SSSR count). The smallest absolute Gasteiger partial charge is 0.410 e. The molecule has 0 N–H and O–H groups in total. The molecule has 1 fully saturated rings. The fourth-order valence-corrected chi connectivity index (χ4v) is 2.75. The van der Waals surface area contributed by atoms with E-state index in [0.29, 0.717) is 31.6 Å². The second-order valence-electron chi connectivity index (χ2n) is 6.73. The van der Waals surface area contributed by atoms with Gasteiger partial charge in [0.15, 0.2) is 0 Å². The molecule has 0 radical (unpaired) electrons. The Balaban J connectivity index is 3.06. The van der Waals surface area contributed by atoms with Gasteiger partial charge in [-0.1, -0.05) is 6.58 Å². The van der Waals surface area contributed by atoms with E-state index in [1.807, 2.05) is 20.8 Å². The number of nitrogens with zero attached hydrogens (tertiary/aromatic N) is 3. The molecule has 1 heterocycles. The average molecular weight is 372 g/mol. The van der Waals surface area contributed by atoms with Crippen LogP contribution in [0.5, 0.6) is 0 Å². The third kappa shape index (κ3) is 5.29. The molecule has 1 saturated heterocycles. The number of esters is 1. The van der Waals surface area contributed by atoms with Gasteiger partial charge in [-0.25, -0.2) is 9.79 Å². The summed E-state index contributed by atoms with van der Waals surface area (Å²) in [7, 11) is 2.82. The molecule has 0 spiro atoms. The number of amides is 1. The Morgan fingerprint density at radius 1 is 1.28 bits per heavy atom. The molecule has 0 aromatic carbocycles. The Hall–Kier alpha value is -1.89. The Labute approximate surface area is 153 Å². The minimum atomic E-state index is -1.01. The van der Waals surface area contributed by atoms with E-state index in [2.05, 4.69) is 16.6 Å². The molecule has 0 aromatic heterocycles. The lowest BCUT2D eigenvalue weighted by Crippen LogP contribution is -2.51. The molecular weight excluding hydrogens is 346 g/mol. The SMILES string of the molecule is C=CC(=NC(Cl)=NC)C1(C(=O)OC)CCN(C(=O)OC(C)(C)C)CC1. The number of aliphatic imine (C=N–C) groups is 2. The summed E-state index contributed by atoms with van der Waals surface area (Å²) < 4.78 is 10.4. The number of carbonyl (C=O) groups excluding carboxylic acids is 2. The maximum Gasteiger partial charge on any atom is 0.410 e. The van der Waals surface area contributed by atoms with Crippen LogP contribution in [0.2, 0.25) is 0 Å². The summed E-state index contributed by atoms with van der Waals surface area (Å²) >= 11 is 5.90. The number of carbonyl (C=O) groups is 2. The lowest BCUT2D eigenvalue weighted by atomic mass is 9.74. The van der Waals surface area contributed by atoms with Gasteiger partial charge in [-0.3, -0.25) is 9.79 Å². The number of ether oxygens (including phenoxy) is 2. The van der Waals surface area contributed by atoms with Crippen molar-refractivity contribution >= 4 is 34.7 Å². The predicted octanol–water partition coefficient (Wildman–Crippen LogP) is 3.03. The third-order valence-electron chi connectivity index (χ3n) is 3.93. The van der Waals surface area contributed by atoms with Crippen LogP contribution in [-0.4, -0.2) is 60.8 Å². The molecule has 8 heteroatoms. The van der Waals surface area contributed by atoms with Gasteiger partial charge in [0.05, 0.1) is 12.8 Å². The standard InChI is InChI=1S/C17H26ClN3O4/c1-7-12(20-14(18)19-5)17(13(22)24-6)8-10-21(11-9-17)15(23)25-16(2,3)4/h7H,1,8-11H2,2-6H3. The Kier molecular flexibility index (Phi) is 7.17. The zero-order valence-corrected chi connectivity index (χ0v) is 16.2. The highest BCUT2D eigenvalue weighted by Gasteiger charge is 2.47. The predicted molar refractivity (Wildman–Crippen MR) is 98.3 cm³/mol. The van der Waals surface area contributed by atoms with Crippen molar-refractivity contribution in [3.8, 4) is 0 Å². The first-order valence-electron chi connectivity index (χ1n) is 8.00. The summed E-state index contributed by atoms with van der Waals surface area (Å²) in [4.78, 5) is 34.3. The zero-order chi connectivity index (χ0) is 19.3. The normalized spacial score (nSPS) is 18.6. The maximum atomic E-state index is 12.5. The van der Waals surface area contributed by atoms with Crippen LogP contribution in [0.1, 0.15) is 33.6 Å². The number of hydrogen-bond acceptors (Lipinski definition) is 5. The lowest BCUT2D eigenvalue weighted by molar-refractivity contribution is -0.150. The Bertz CT molecular complexity index is 585. The zero-order valence-electron chi connectivity index (χ0n) is 15.5. The Morgan fingerprint density at radius 2 is 1.84 bits per heavy atom. The van der Waals surface area contributed by atoms with Gasteiger partial charge >= 0.3 is 12.1 Å². The molecule has 0 unspecified atom stereocenters. The van der Waals surface area contributed by atoms with Crippen LogP contribution < -0.4 is 0 Å². The highest BCUT2D eigenvalue weighted by Crippen LogP contribution is 2.36. The van der Waals surface area contributed by atoms with Crippen molar-refractivity contribution in [3.63, 3.8) is 0 Å². The number of allylic oxidation sites excluding steroid dienone is 1. The van der Waals surface area contributed by atoms with E-state index in [4.69, 9.17) is 21.1 Å². The molecule has 1 amide bonds. The number of piperidine rings is 1. The molecular formula is C17H26ClN3O4. The summed E-state index contributed by atoms with van der Waals surface area (Å²) in [5, 5.41) is 0.0211. The van der Waals surface area contributed by atoms with Crippen LogP contribution >= 0.6 is 11.6 Å². The van der Waals surface area contributed by atoms with Gasteiger partial charge in [0.2, 0.25) is 5.29 Å². The molecule has 1 aliphatic heterocycles. The van der Waals surface area contributed by atoms with Crippen molar-refractivity contribution in [2.45, 2.75) is 39.2 Å². The van der Waals surface area contributed by atoms with Crippen LogP contribution in [0.4, 0.5) is 4.79 Å². The molecule has 7 nitrogen and oxygen atoms in total. The van der Waals surface area contributed by atoms with Gasteiger partial charge in [-0.15, -0.1) is 0 Å². The molecule has 1 aliphatic rings. The first kappa shape index (κ1) is 21.2. The van der Waals surface area contributed by atoms with Crippen molar-refractivity contribution in [1.82, 2.24) is 4.90 Å². The quantitative estimate of drug-likeness (QED) is 0.330. The molecule has 0 bridgehead atoms. The molecule has 0 aliphatic carbocycles. The van der Waals surface area contributed by atoms with Crippen LogP contribution in [0.3, 0.4) is 0 Å². The van der Waals surface area contributed by atoms with Crippen LogP contribution in [0, 0.1) is 5.41 Å². The van der Waals surface area contributed by atoms with Crippen LogP contribution in [0.15, 0.2) is 22.6 Å². The van der Waals surface area contributed by atoms with E-state index in [0.717, 1.165) is 0 Å². The van der Waals surface area contributed by atoms with Crippen molar-refractivity contribution in [1.29, 1.82) is 0 Å². The summed E-state index contributed by atoms with van der Waals surface area (Å²) in [6.45, 7) is 9.82. The number of methoxy groups -OCH3 is 1. The molecule has 25 heavy (non-hydrogen) atoms. The van der Waals surface area contributed by atoms with Crippen molar-refractivity contribution in [3.05, 3.63) is 12.7 Å². The topological polar surface area (TPSA) is 80.6 Å². The van der Waals surface area contributed by atoms with Crippen molar-refractivity contribution in [2.75, 3.05) is 27.2 Å². The number of hydrogen-bond donors (Lipinski definition) is 0. The van der Waals surface area contributed by atoms with Crippen molar-refractivity contribution < 1.29 is 19.1 Å². The lowest BCUT2D eigenvalue weighted by Gasteiger charge is -2.39. The summed E-state index contributed by atoms with van der Waals surface area (Å²) in [6, 6.07) is 0. The number of likely N-dealkylation sites (tertiary alicyclic amines) is 1. The fraction of sp³-hybridized carbons (Fsp3) is 0.647.